The van der Waals surface area contributed by atoms with E-state index in [9.17, 15) is 0 Å². The van der Waals surface area contributed by atoms with Crippen LogP contribution in [0.5, 0.6) is 0 Å². The monoisotopic (exact) mass is 276 g/mol. The Bertz CT molecular complexity index is 503. The number of rotatable bonds is 5. The fourth-order valence-electron chi connectivity index (χ4n) is 1.83. The first kappa shape index (κ1) is 13.1. The molecule has 0 fully saturated rings. The first-order chi connectivity index (χ1) is 8.65. The molecule has 0 spiro atoms. The fraction of sp³-hybridized carbons (Fsp3) is 0.214. The Balaban J connectivity index is 1.94. The Hall–Kier alpha value is -1.39. The van der Waals surface area contributed by atoms with Gasteiger partial charge >= 0.3 is 0 Å². The first-order valence-corrected chi connectivity index (χ1v) is 7.18. The van der Waals surface area contributed by atoms with E-state index in [4.69, 9.17) is 18.0 Å². The van der Waals surface area contributed by atoms with Crippen LogP contribution in [0.3, 0.4) is 0 Å². The molecule has 1 aromatic carbocycles. The lowest BCUT2D eigenvalue weighted by molar-refractivity contribution is 0.793. The summed E-state index contributed by atoms with van der Waals surface area (Å²) < 4.78 is 0. The third kappa shape index (κ3) is 3.55. The number of thiocarbonyl (C=S) groups is 1. The average Bonchev–Trinajstić information content (AvgIpc) is 2.82. The van der Waals surface area contributed by atoms with E-state index in [1.54, 1.807) is 11.3 Å². The van der Waals surface area contributed by atoms with E-state index in [0.717, 1.165) is 17.7 Å². The Kier molecular flexibility index (Phi) is 4.33. The zero-order chi connectivity index (χ0) is 13.0. The van der Waals surface area contributed by atoms with Crippen LogP contribution in [0.15, 0.2) is 41.1 Å². The molecular weight excluding hydrogens is 260 g/mol. The highest BCUT2D eigenvalue weighted by atomic mass is 32.1. The molecule has 2 aromatic rings. The quantitative estimate of drug-likeness (QED) is 0.822. The van der Waals surface area contributed by atoms with Crippen molar-refractivity contribution in [2.24, 2.45) is 5.73 Å². The van der Waals surface area contributed by atoms with Crippen molar-refractivity contribution >= 4 is 34.2 Å². The SMILES string of the molecule is CC(Cc1ccsc1)Nc1ccc(C(N)=S)cc1. The second-order valence-corrected chi connectivity index (χ2v) is 5.54. The van der Waals surface area contributed by atoms with Crippen LogP contribution in [-0.2, 0) is 6.42 Å². The fourth-order valence-corrected chi connectivity index (χ4v) is 2.65. The normalized spacial score (nSPS) is 12.1. The van der Waals surface area contributed by atoms with Gasteiger partial charge in [-0.25, -0.2) is 0 Å². The smallest absolute Gasteiger partial charge is 0.103 e. The van der Waals surface area contributed by atoms with Crippen molar-refractivity contribution in [3.8, 4) is 0 Å². The standard InChI is InChI=1S/C14H16N2S2/c1-10(8-11-6-7-18-9-11)16-13-4-2-12(3-5-13)14(15)17/h2-7,9-10,16H,8H2,1H3,(H2,15,17). The van der Waals surface area contributed by atoms with Crippen molar-refractivity contribution in [1.29, 1.82) is 0 Å². The lowest BCUT2D eigenvalue weighted by atomic mass is 10.1. The number of hydrogen-bond donors (Lipinski definition) is 2. The molecule has 1 aromatic heterocycles. The predicted molar refractivity (Wildman–Crippen MR) is 83.4 cm³/mol. The Morgan fingerprint density at radius 1 is 1.33 bits per heavy atom. The predicted octanol–water partition coefficient (Wildman–Crippen LogP) is 3.43. The molecule has 18 heavy (non-hydrogen) atoms. The summed E-state index contributed by atoms with van der Waals surface area (Å²) in [6.45, 7) is 2.18. The zero-order valence-corrected chi connectivity index (χ0v) is 11.9. The summed E-state index contributed by atoms with van der Waals surface area (Å²) in [6.07, 6.45) is 1.03. The molecule has 0 saturated carbocycles. The molecule has 3 N–H and O–H groups in total. The van der Waals surface area contributed by atoms with E-state index in [1.165, 1.54) is 5.56 Å². The summed E-state index contributed by atoms with van der Waals surface area (Å²) in [5, 5.41) is 7.77. The summed E-state index contributed by atoms with van der Waals surface area (Å²) in [5.41, 5.74) is 8.94. The highest BCUT2D eigenvalue weighted by Crippen LogP contribution is 2.14. The largest absolute Gasteiger partial charge is 0.389 e. The van der Waals surface area contributed by atoms with Crippen LogP contribution in [0.1, 0.15) is 18.1 Å². The van der Waals surface area contributed by atoms with Gasteiger partial charge in [0, 0.05) is 17.3 Å². The van der Waals surface area contributed by atoms with Gasteiger partial charge in [-0.1, -0.05) is 12.2 Å². The van der Waals surface area contributed by atoms with Crippen molar-refractivity contribution in [3.63, 3.8) is 0 Å². The van der Waals surface area contributed by atoms with Gasteiger partial charge in [-0.15, -0.1) is 0 Å². The van der Waals surface area contributed by atoms with E-state index in [2.05, 4.69) is 29.1 Å². The lowest BCUT2D eigenvalue weighted by Crippen LogP contribution is -2.18. The summed E-state index contributed by atoms with van der Waals surface area (Å²) in [6, 6.07) is 10.5. The zero-order valence-electron chi connectivity index (χ0n) is 10.2. The van der Waals surface area contributed by atoms with Crippen LogP contribution in [0, 0.1) is 0 Å². The molecule has 1 unspecified atom stereocenters. The molecule has 2 rings (SSSR count). The lowest BCUT2D eigenvalue weighted by Gasteiger charge is -2.14. The van der Waals surface area contributed by atoms with Gasteiger partial charge in [0.2, 0.25) is 0 Å². The first-order valence-electron chi connectivity index (χ1n) is 5.82. The minimum Gasteiger partial charge on any atom is -0.389 e. The van der Waals surface area contributed by atoms with Crippen molar-refractivity contribution in [2.45, 2.75) is 19.4 Å². The van der Waals surface area contributed by atoms with Gasteiger partial charge in [0.25, 0.3) is 0 Å². The van der Waals surface area contributed by atoms with Crippen molar-refractivity contribution < 1.29 is 0 Å². The van der Waals surface area contributed by atoms with Crippen LogP contribution in [0.4, 0.5) is 5.69 Å². The van der Waals surface area contributed by atoms with Crippen LogP contribution >= 0.6 is 23.6 Å². The summed E-state index contributed by atoms with van der Waals surface area (Å²) in [4.78, 5) is 0.438. The van der Waals surface area contributed by atoms with Crippen molar-refractivity contribution in [1.82, 2.24) is 0 Å². The van der Waals surface area contributed by atoms with Gasteiger partial charge in [-0.3, -0.25) is 0 Å². The molecule has 0 radical (unpaired) electrons. The second kappa shape index (κ2) is 5.98. The molecule has 0 amide bonds. The Morgan fingerprint density at radius 2 is 2.06 bits per heavy atom. The third-order valence-corrected chi connectivity index (χ3v) is 3.67. The molecule has 2 nitrogen and oxygen atoms in total. The van der Waals surface area contributed by atoms with Gasteiger partial charge in [0.1, 0.15) is 4.99 Å². The third-order valence-electron chi connectivity index (χ3n) is 2.70. The maximum Gasteiger partial charge on any atom is 0.103 e. The van der Waals surface area contributed by atoms with Crippen LogP contribution in [-0.4, -0.2) is 11.0 Å². The van der Waals surface area contributed by atoms with E-state index < -0.39 is 0 Å². The number of anilines is 1. The van der Waals surface area contributed by atoms with Crippen LogP contribution in [0.25, 0.3) is 0 Å². The molecule has 0 aliphatic carbocycles. The van der Waals surface area contributed by atoms with Gasteiger partial charge < -0.3 is 11.1 Å². The summed E-state index contributed by atoms with van der Waals surface area (Å²) >= 11 is 6.67. The van der Waals surface area contributed by atoms with Gasteiger partial charge in [-0.05, 0) is 60.0 Å². The van der Waals surface area contributed by atoms with Crippen molar-refractivity contribution in [2.75, 3.05) is 5.32 Å². The summed E-state index contributed by atoms with van der Waals surface area (Å²) in [5.74, 6) is 0. The topological polar surface area (TPSA) is 38.0 Å². The maximum absolute atomic E-state index is 5.57. The molecule has 1 atom stereocenters. The molecular formula is C14H16N2S2. The van der Waals surface area contributed by atoms with Crippen LogP contribution < -0.4 is 11.1 Å². The highest BCUT2D eigenvalue weighted by molar-refractivity contribution is 7.80. The molecule has 0 bridgehead atoms. The molecule has 0 aliphatic rings. The van der Waals surface area contributed by atoms with E-state index in [0.29, 0.717) is 11.0 Å². The number of nitrogens with one attached hydrogen (secondary N) is 1. The molecule has 0 aliphatic heterocycles. The van der Waals surface area contributed by atoms with Crippen LogP contribution in [0.2, 0.25) is 0 Å². The van der Waals surface area contributed by atoms with E-state index in [-0.39, 0.29) is 0 Å². The molecule has 1 heterocycles. The second-order valence-electron chi connectivity index (χ2n) is 4.32. The maximum atomic E-state index is 5.57. The minimum atomic E-state index is 0.398. The number of benzene rings is 1. The van der Waals surface area contributed by atoms with E-state index in [1.807, 2.05) is 24.3 Å². The molecule has 0 saturated heterocycles. The van der Waals surface area contributed by atoms with Crippen molar-refractivity contribution in [3.05, 3.63) is 52.2 Å². The average molecular weight is 276 g/mol. The Labute approximate surface area is 117 Å². The van der Waals surface area contributed by atoms with Gasteiger partial charge in [0.05, 0.1) is 0 Å². The summed E-state index contributed by atoms with van der Waals surface area (Å²) in [7, 11) is 0. The number of nitrogens with two attached hydrogens (primary N) is 1. The highest BCUT2D eigenvalue weighted by Gasteiger charge is 2.04. The molecule has 4 heteroatoms. The van der Waals surface area contributed by atoms with Gasteiger partial charge in [-0.2, -0.15) is 11.3 Å². The van der Waals surface area contributed by atoms with Gasteiger partial charge in [0.15, 0.2) is 0 Å². The van der Waals surface area contributed by atoms with E-state index >= 15 is 0 Å². The minimum absolute atomic E-state index is 0.398. The Morgan fingerprint density at radius 3 is 2.61 bits per heavy atom. The molecule has 94 valence electrons. The number of thiophene rings is 1. The number of hydrogen-bond acceptors (Lipinski definition) is 3.